The predicted octanol–water partition coefficient (Wildman–Crippen LogP) is 4.28. The Kier molecular flexibility index (Phi) is 13.5. The molecule has 0 spiro atoms. The fourth-order valence-electron chi connectivity index (χ4n) is 7.41. The van der Waals surface area contributed by atoms with Gasteiger partial charge in [0.25, 0.3) is 0 Å². The first-order chi connectivity index (χ1) is 20.9. The van der Waals surface area contributed by atoms with Gasteiger partial charge in [0.2, 0.25) is 17.8 Å². The van der Waals surface area contributed by atoms with Gasteiger partial charge < -0.3 is 25.7 Å². The van der Waals surface area contributed by atoms with E-state index in [1.54, 1.807) is 0 Å². The molecule has 0 aromatic heterocycles. The highest BCUT2D eigenvalue weighted by Gasteiger charge is 2.68. The molecule has 2 bridgehead atoms. The van der Waals surface area contributed by atoms with Crippen LogP contribution in [0.25, 0.3) is 0 Å². The van der Waals surface area contributed by atoms with Gasteiger partial charge >= 0.3 is 7.12 Å². The lowest BCUT2D eigenvalue weighted by Crippen LogP contribution is -2.65. The first kappa shape index (κ1) is 35.8. The molecular weight excluding hydrogens is 561 g/mol. The van der Waals surface area contributed by atoms with Crippen LogP contribution in [0.5, 0.6) is 0 Å². The van der Waals surface area contributed by atoms with Crippen LogP contribution in [0.2, 0.25) is 0 Å². The number of guanidine groups is 1. The first-order valence-corrected chi connectivity index (χ1v) is 16.6. The fourth-order valence-corrected chi connectivity index (χ4v) is 7.41. The normalized spacial score (nSPS) is 26.6. The van der Waals surface area contributed by atoms with Crippen LogP contribution in [0.15, 0.2) is 10.3 Å². The SMILES string of the molecule is CC(C)C[C@H](NC(=O)[C@H](CCCN=C(N)NN=O)NC(=O)CCCCCCCCC#N)B1O[C@@H]2C[C@@H]3C[C@@H](C3(C)C)[C@]2(C)O1. The lowest BCUT2D eigenvalue weighted by atomic mass is 9.43. The van der Waals surface area contributed by atoms with Gasteiger partial charge in [-0.1, -0.05) is 53.4 Å². The van der Waals surface area contributed by atoms with Gasteiger partial charge in [0.15, 0.2) is 0 Å². The molecule has 3 aliphatic carbocycles. The zero-order chi connectivity index (χ0) is 32.3. The maximum atomic E-state index is 13.7. The highest BCUT2D eigenvalue weighted by Crippen LogP contribution is 2.65. The second-order valence-corrected chi connectivity index (χ2v) is 14.1. The van der Waals surface area contributed by atoms with Crippen LogP contribution in [0.3, 0.4) is 0 Å². The summed E-state index contributed by atoms with van der Waals surface area (Å²) in [7, 11) is -0.553. The number of nitrogens with zero attached hydrogens (tertiary/aromatic N) is 3. The fraction of sp³-hybridized carbons (Fsp3) is 0.871. The molecule has 2 amide bonds. The number of hydrogen-bond donors (Lipinski definition) is 4. The summed E-state index contributed by atoms with van der Waals surface area (Å²) in [5.74, 6) is 0.437. The Hall–Kier alpha value is -2.72. The molecular formula is C31H54BN7O5. The van der Waals surface area contributed by atoms with Gasteiger partial charge in [-0.05, 0) is 75.0 Å². The van der Waals surface area contributed by atoms with Crippen molar-refractivity contribution in [2.75, 3.05) is 6.54 Å². The number of amides is 2. The molecule has 4 fully saturated rings. The minimum absolute atomic E-state index is 0.00969. The van der Waals surface area contributed by atoms with Crippen LogP contribution in [0.4, 0.5) is 0 Å². The summed E-state index contributed by atoms with van der Waals surface area (Å²) in [5.41, 5.74) is 7.47. The van der Waals surface area contributed by atoms with Crippen LogP contribution in [-0.4, -0.2) is 55.1 Å². The van der Waals surface area contributed by atoms with Crippen molar-refractivity contribution >= 4 is 24.9 Å². The van der Waals surface area contributed by atoms with E-state index in [0.717, 1.165) is 51.4 Å². The van der Waals surface area contributed by atoms with Gasteiger partial charge in [0, 0.05) is 19.4 Å². The number of rotatable bonds is 19. The molecule has 0 unspecified atom stereocenters. The third-order valence-corrected chi connectivity index (χ3v) is 10.0. The number of aliphatic imine (C=N–C) groups is 1. The molecule has 44 heavy (non-hydrogen) atoms. The molecule has 4 rings (SSSR count). The summed E-state index contributed by atoms with van der Waals surface area (Å²) in [5, 5.41) is 17.3. The molecule has 1 saturated heterocycles. The lowest BCUT2D eigenvalue weighted by molar-refractivity contribution is -0.199. The summed E-state index contributed by atoms with van der Waals surface area (Å²) in [4.78, 5) is 41.0. The molecule has 1 heterocycles. The standard InChI is InChI=1S/C31H54BN7O5/c1-21(2)18-26(32-43-25-20-22-19-24(30(22,3)4)31(25,5)44-32)37-28(41)23(14-13-17-35-29(34)38-39-42)36-27(40)15-11-9-7-6-8-10-12-16-33/h21-26H,6-15,17-20H2,1-5H3,(H,36,40)(H,37,41)(H3,34,35,38,42)/t22-,23-,24-,25+,26-,31-/m0/s1. The third-order valence-electron chi connectivity index (χ3n) is 10.0. The number of hydrogen-bond acceptors (Lipinski definition) is 8. The number of nitriles is 1. The molecule has 0 radical (unpaired) electrons. The van der Waals surface area contributed by atoms with E-state index in [0.29, 0.717) is 43.9 Å². The van der Waals surface area contributed by atoms with Crippen LogP contribution in [-0.2, 0) is 18.9 Å². The minimum Gasteiger partial charge on any atom is -0.404 e. The number of nitrogens with two attached hydrogens (primary N) is 1. The maximum Gasteiger partial charge on any atom is 0.481 e. The van der Waals surface area contributed by atoms with E-state index in [2.05, 4.69) is 67.0 Å². The van der Waals surface area contributed by atoms with E-state index in [1.165, 1.54) is 0 Å². The van der Waals surface area contributed by atoms with E-state index in [-0.39, 0.29) is 53.3 Å². The number of carbonyl (C=O) groups is 2. The van der Waals surface area contributed by atoms with Gasteiger partial charge in [-0.2, -0.15) is 5.26 Å². The predicted molar refractivity (Wildman–Crippen MR) is 171 cm³/mol. The second kappa shape index (κ2) is 16.6. The second-order valence-electron chi connectivity index (χ2n) is 14.1. The molecule has 246 valence electrons. The van der Waals surface area contributed by atoms with Gasteiger partial charge in [0.1, 0.15) is 6.04 Å². The molecule has 12 nitrogen and oxygen atoms in total. The van der Waals surface area contributed by atoms with Crippen molar-refractivity contribution in [3.63, 3.8) is 0 Å². The van der Waals surface area contributed by atoms with E-state index in [4.69, 9.17) is 20.3 Å². The highest BCUT2D eigenvalue weighted by atomic mass is 16.7. The minimum atomic E-state index is -0.761. The van der Waals surface area contributed by atoms with Crippen LogP contribution in [0.1, 0.15) is 118 Å². The van der Waals surface area contributed by atoms with Crippen LogP contribution < -0.4 is 21.8 Å². The largest absolute Gasteiger partial charge is 0.481 e. The van der Waals surface area contributed by atoms with Crippen molar-refractivity contribution in [3.8, 4) is 6.07 Å². The Balaban J connectivity index is 1.60. The Morgan fingerprint density at radius 2 is 1.77 bits per heavy atom. The molecule has 0 aromatic rings. The van der Waals surface area contributed by atoms with Gasteiger partial charge in [0.05, 0.1) is 29.0 Å². The lowest BCUT2D eigenvalue weighted by Gasteiger charge is -2.64. The van der Waals surface area contributed by atoms with E-state index < -0.39 is 13.2 Å². The molecule has 0 aromatic carbocycles. The van der Waals surface area contributed by atoms with Gasteiger partial charge in [-0.25, -0.2) is 5.43 Å². The Morgan fingerprint density at radius 3 is 2.43 bits per heavy atom. The van der Waals surface area contributed by atoms with Gasteiger partial charge in [-0.3, -0.25) is 14.6 Å². The quantitative estimate of drug-likeness (QED) is 0.0415. The zero-order valence-electron chi connectivity index (χ0n) is 27.4. The van der Waals surface area contributed by atoms with Gasteiger partial charge in [-0.15, -0.1) is 4.91 Å². The van der Waals surface area contributed by atoms with E-state index >= 15 is 0 Å². The highest BCUT2D eigenvalue weighted by molar-refractivity contribution is 6.48. The number of nitroso groups, excluding NO2 is 1. The summed E-state index contributed by atoms with van der Waals surface area (Å²) >= 11 is 0. The molecule has 5 N–H and O–H groups in total. The van der Waals surface area contributed by atoms with Crippen molar-refractivity contribution in [1.29, 1.82) is 5.26 Å². The zero-order valence-corrected chi connectivity index (χ0v) is 27.4. The average Bonchev–Trinajstić information content (AvgIpc) is 3.32. The summed E-state index contributed by atoms with van der Waals surface area (Å²) in [6, 6.07) is 1.40. The number of unbranched alkanes of at least 4 members (excludes halogenated alkanes) is 6. The van der Waals surface area contributed by atoms with Crippen molar-refractivity contribution < 1.29 is 18.9 Å². The van der Waals surface area contributed by atoms with E-state index in [9.17, 15) is 14.5 Å². The summed E-state index contributed by atoms with van der Waals surface area (Å²) in [6.45, 7) is 11.3. The van der Waals surface area contributed by atoms with Crippen molar-refractivity contribution in [2.45, 2.75) is 142 Å². The van der Waals surface area contributed by atoms with E-state index in [1.807, 2.05) is 0 Å². The topological polar surface area (TPSA) is 180 Å². The Labute approximate surface area is 263 Å². The first-order valence-electron chi connectivity index (χ1n) is 16.6. The molecule has 6 atom stereocenters. The summed E-state index contributed by atoms with van der Waals surface area (Å²) in [6.07, 6.45) is 10.2. The summed E-state index contributed by atoms with van der Waals surface area (Å²) < 4.78 is 13.2. The smallest absolute Gasteiger partial charge is 0.404 e. The third kappa shape index (κ3) is 9.40. The van der Waals surface area contributed by atoms with Crippen molar-refractivity contribution in [3.05, 3.63) is 4.91 Å². The molecule has 4 aliphatic rings. The van der Waals surface area contributed by atoms with Crippen molar-refractivity contribution in [1.82, 2.24) is 16.1 Å². The number of carbonyl (C=O) groups excluding carboxylic acids is 2. The average molecular weight is 616 g/mol. The monoisotopic (exact) mass is 615 g/mol. The molecule has 1 aliphatic heterocycles. The van der Waals surface area contributed by atoms with Crippen molar-refractivity contribution in [2.24, 2.45) is 39.2 Å². The maximum absolute atomic E-state index is 13.7. The van der Waals surface area contributed by atoms with Crippen LogP contribution in [0, 0.1) is 39.4 Å². The van der Waals surface area contributed by atoms with Crippen LogP contribution >= 0.6 is 0 Å². The Bertz CT molecular complexity index is 1050. The molecule has 13 heteroatoms. The Morgan fingerprint density at radius 1 is 1.07 bits per heavy atom. The number of nitrogens with one attached hydrogen (secondary N) is 3. The molecule has 3 saturated carbocycles.